The number of nitrogens with one attached hydrogen (secondary N) is 1. The minimum absolute atomic E-state index is 0.00767. The van der Waals surface area contributed by atoms with E-state index in [1.807, 2.05) is 37.3 Å². The van der Waals surface area contributed by atoms with Crippen LogP contribution in [0.3, 0.4) is 0 Å². The van der Waals surface area contributed by atoms with Gasteiger partial charge in [0.25, 0.3) is 0 Å². The summed E-state index contributed by atoms with van der Waals surface area (Å²) in [4.78, 5) is 33.7. The quantitative estimate of drug-likeness (QED) is 0.390. The van der Waals surface area contributed by atoms with E-state index in [0.717, 1.165) is 61.9 Å². The van der Waals surface area contributed by atoms with Crippen molar-refractivity contribution in [2.24, 2.45) is 5.92 Å². The number of carbonyl (C=O) groups is 1. The summed E-state index contributed by atoms with van der Waals surface area (Å²) in [5.41, 5.74) is 0. The molecule has 39 heavy (non-hydrogen) atoms. The molecule has 2 fully saturated rings. The molecule has 2 aliphatic rings. The number of nitrogens with zero attached hydrogens (tertiary/aromatic N) is 6. The molecule has 0 aliphatic carbocycles. The van der Waals surface area contributed by atoms with Crippen LogP contribution in [0.5, 0.6) is 11.5 Å². The van der Waals surface area contributed by atoms with Crippen molar-refractivity contribution in [3.8, 4) is 11.5 Å². The number of piperidine rings is 2. The first-order chi connectivity index (χ1) is 19.1. The number of aromatic nitrogens is 4. The molecule has 4 heterocycles. The van der Waals surface area contributed by atoms with Crippen LogP contribution >= 0.6 is 0 Å². The van der Waals surface area contributed by atoms with Crippen molar-refractivity contribution in [3.63, 3.8) is 0 Å². The van der Waals surface area contributed by atoms with E-state index in [2.05, 4.69) is 30.1 Å². The molecule has 3 aromatic rings. The van der Waals surface area contributed by atoms with Gasteiger partial charge in [0.2, 0.25) is 5.95 Å². The first-order valence-electron chi connectivity index (χ1n) is 13.6. The molecule has 11 heteroatoms. The Hall–Kier alpha value is -4.15. The summed E-state index contributed by atoms with van der Waals surface area (Å²) in [6.45, 7) is 5.62. The lowest BCUT2D eigenvalue weighted by molar-refractivity contribution is -0.138. The van der Waals surface area contributed by atoms with Crippen LogP contribution < -0.4 is 24.6 Å². The Morgan fingerprint density at radius 2 is 1.82 bits per heavy atom. The molecule has 2 aromatic heterocycles. The molecule has 206 valence electrons. The van der Waals surface area contributed by atoms with Crippen molar-refractivity contribution in [1.29, 1.82) is 0 Å². The van der Waals surface area contributed by atoms with Gasteiger partial charge < -0.3 is 29.7 Å². The summed E-state index contributed by atoms with van der Waals surface area (Å²) >= 11 is 0. The standard InChI is InChI=1S/C28H35N7O4/c1-2-38-22-9-3-4-10-23(22)39-21-8-6-14-35(19-21)26-17-29-16-24(31-26)32-28-30-12-11-25(33-28)34-13-5-7-20(18-34)15-27(36)37/h3-4,9-12,16-17,20-21H,2,5-8,13-15,18-19H2,1H3,(H,36,37)(H,30,31,32,33)/t20-,21+/m0/s1. The Labute approximate surface area is 228 Å². The number of aliphatic carboxylic acids is 1. The largest absolute Gasteiger partial charge is 0.490 e. The number of carboxylic acid groups (broad SMARTS) is 1. The molecule has 0 unspecified atom stereocenters. The lowest BCUT2D eigenvalue weighted by Gasteiger charge is -2.34. The van der Waals surface area contributed by atoms with E-state index in [9.17, 15) is 9.90 Å². The van der Waals surface area contributed by atoms with Gasteiger partial charge in [-0.05, 0) is 56.7 Å². The van der Waals surface area contributed by atoms with Gasteiger partial charge >= 0.3 is 5.97 Å². The molecule has 5 rings (SSSR count). The number of hydrogen-bond donors (Lipinski definition) is 2. The van der Waals surface area contributed by atoms with Gasteiger partial charge in [-0.3, -0.25) is 9.78 Å². The van der Waals surface area contributed by atoms with Gasteiger partial charge in [0.15, 0.2) is 17.3 Å². The zero-order chi connectivity index (χ0) is 27.0. The van der Waals surface area contributed by atoms with E-state index >= 15 is 0 Å². The minimum Gasteiger partial charge on any atom is -0.490 e. The smallest absolute Gasteiger partial charge is 0.303 e. The van der Waals surface area contributed by atoms with Crippen LogP contribution in [0, 0.1) is 5.92 Å². The monoisotopic (exact) mass is 533 g/mol. The number of rotatable bonds is 10. The van der Waals surface area contributed by atoms with Crippen molar-refractivity contribution in [3.05, 3.63) is 48.9 Å². The van der Waals surface area contributed by atoms with Crippen molar-refractivity contribution in [2.45, 2.75) is 45.1 Å². The lowest BCUT2D eigenvalue weighted by Crippen LogP contribution is -2.41. The topological polar surface area (TPSA) is 126 Å². The van der Waals surface area contributed by atoms with Crippen molar-refractivity contribution < 1.29 is 19.4 Å². The number of para-hydroxylation sites is 2. The second-order valence-electron chi connectivity index (χ2n) is 9.89. The van der Waals surface area contributed by atoms with E-state index in [4.69, 9.17) is 14.5 Å². The summed E-state index contributed by atoms with van der Waals surface area (Å²) in [7, 11) is 0. The third-order valence-corrected chi connectivity index (χ3v) is 6.95. The fraction of sp³-hybridized carbons (Fsp3) is 0.464. The van der Waals surface area contributed by atoms with Crippen LogP contribution in [0.2, 0.25) is 0 Å². The third-order valence-electron chi connectivity index (χ3n) is 6.95. The number of hydrogen-bond acceptors (Lipinski definition) is 10. The van der Waals surface area contributed by atoms with Gasteiger partial charge in [-0.2, -0.15) is 4.98 Å². The molecular weight excluding hydrogens is 498 g/mol. The van der Waals surface area contributed by atoms with Crippen molar-refractivity contribution >= 4 is 29.4 Å². The average Bonchev–Trinajstić information content (AvgIpc) is 2.95. The van der Waals surface area contributed by atoms with Crippen LogP contribution in [0.25, 0.3) is 0 Å². The summed E-state index contributed by atoms with van der Waals surface area (Å²) in [5, 5.41) is 12.4. The maximum absolute atomic E-state index is 11.2. The second-order valence-corrected chi connectivity index (χ2v) is 9.89. The van der Waals surface area contributed by atoms with E-state index < -0.39 is 5.97 Å². The Morgan fingerprint density at radius 3 is 2.64 bits per heavy atom. The van der Waals surface area contributed by atoms with Crippen LogP contribution in [0.15, 0.2) is 48.9 Å². The van der Waals surface area contributed by atoms with Crippen LogP contribution in [-0.4, -0.2) is 69.9 Å². The molecular formula is C28H35N7O4. The van der Waals surface area contributed by atoms with Gasteiger partial charge in [-0.25, -0.2) is 9.97 Å². The zero-order valence-electron chi connectivity index (χ0n) is 22.2. The van der Waals surface area contributed by atoms with Gasteiger partial charge in [-0.1, -0.05) is 12.1 Å². The summed E-state index contributed by atoms with van der Waals surface area (Å²) in [6.07, 6.45) is 9.09. The Balaban J connectivity index is 1.23. The molecule has 2 saturated heterocycles. The second kappa shape index (κ2) is 12.6. The number of anilines is 4. The number of ether oxygens (including phenoxy) is 2. The zero-order valence-corrected chi connectivity index (χ0v) is 22.2. The van der Waals surface area contributed by atoms with Crippen LogP contribution in [0.4, 0.5) is 23.4 Å². The van der Waals surface area contributed by atoms with E-state index in [-0.39, 0.29) is 18.4 Å². The lowest BCUT2D eigenvalue weighted by atomic mass is 9.95. The highest BCUT2D eigenvalue weighted by Gasteiger charge is 2.25. The molecule has 11 nitrogen and oxygen atoms in total. The maximum atomic E-state index is 11.2. The third kappa shape index (κ3) is 7.04. The van der Waals surface area contributed by atoms with E-state index in [0.29, 0.717) is 31.5 Å². The summed E-state index contributed by atoms with van der Waals surface area (Å²) < 4.78 is 12.1. The highest BCUT2D eigenvalue weighted by Crippen LogP contribution is 2.30. The number of carboxylic acids is 1. The van der Waals surface area contributed by atoms with Crippen molar-refractivity contribution in [1.82, 2.24) is 19.9 Å². The van der Waals surface area contributed by atoms with Crippen LogP contribution in [-0.2, 0) is 4.79 Å². The fourth-order valence-corrected chi connectivity index (χ4v) is 5.20. The van der Waals surface area contributed by atoms with Crippen molar-refractivity contribution in [2.75, 3.05) is 47.9 Å². The highest BCUT2D eigenvalue weighted by molar-refractivity contribution is 5.67. The first kappa shape index (κ1) is 26.5. The maximum Gasteiger partial charge on any atom is 0.303 e. The Kier molecular flexibility index (Phi) is 8.55. The van der Waals surface area contributed by atoms with E-state index in [1.54, 1.807) is 18.6 Å². The summed E-state index contributed by atoms with van der Waals surface area (Å²) in [6, 6.07) is 9.63. The molecule has 0 amide bonds. The van der Waals surface area contributed by atoms with Gasteiger partial charge in [-0.15, -0.1) is 0 Å². The molecule has 2 aliphatic heterocycles. The molecule has 0 radical (unpaired) electrons. The molecule has 1 aromatic carbocycles. The Bertz CT molecular complexity index is 1260. The van der Waals surface area contributed by atoms with Gasteiger partial charge in [0.1, 0.15) is 17.7 Å². The molecule has 2 N–H and O–H groups in total. The first-order valence-corrected chi connectivity index (χ1v) is 13.6. The fourth-order valence-electron chi connectivity index (χ4n) is 5.20. The minimum atomic E-state index is -0.757. The predicted molar refractivity (Wildman–Crippen MR) is 148 cm³/mol. The van der Waals surface area contributed by atoms with Crippen LogP contribution in [0.1, 0.15) is 39.0 Å². The normalized spacial score (nSPS) is 19.4. The highest BCUT2D eigenvalue weighted by atomic mass is 16.5. The Morgan fingerprint density at radius 1 is 1.03 bits per heavy atom. The number of benzene rings is 1. The van der Waals surface area contributed by atoms with Gasteiger partial charge in [0, 0.05) is 32.3 Å². The molecule has 0 bridgehead atoms. The SMILES string of the molecule is CCOc1ccccc1O[C@@H]1CCCN(c2cncc(Nc3nccc(N4CCC[C@@H](CC(=O)O)C4)n3)n2)C1. The molecule has 0 saturated carbocycles. The average molecular weight is 534 g/mol. The van der Waals surface area contributed by atoms with Gasteiger partial charge in [0.05, 0.1) is 25.5 Å². The predicted octanol–water partition coefficient (Wildman–Crippen LogP) is 4.15. The molecule has 2 atom stereocenters. The summed E-state index contributed by atoms with van der Waals surface area (Å²) in [5.74, 6) is 3.39. The van der Waals surface area contributed by atoms with E-state index in [1.165, 1.54) is 0 Å². The molecule has 0 spiro atoms.